The molecule has 0 spiro atoms. The van der Waals surface area contributed by atoms with Crippen LogP contribution in [0.2, 0.25) is 5.02 Å². The maximum absolute atomic E-state index is 13.6. The summed E-state index contributed by atoms with van der Waals surface area (Å²) in [5.41, 5.74) is -1.10. The Hall–Kier alpha value is -2.76. The van der Waals surface area contributed by atoms with Gasteiger partial charge in [-0.1, -0.05) is 11.6 Å². The molecule has 2 heterocycles. The molecule has 0 unspecified atom stereocenters. The van der Waals surface area contributed by atoms with E-state index in [1.165, 1.54) is 6.07 Å². The third-order valence-electron chi connectivity index (χ3n) is 3.64. The molecule has 0 fully saturated rings. The maximum Gasteiger partial charge on any atom is 0.341 e. The van der Waals surface area contributed by atoms with E-state index in [0.29, 0.717) is 0 Å². The number of aromatic carboxylic acids is 1. The van der Waals surface area contributed by atoms with Gasteiger partial charge in [0.05, 0.1) is 16.9 Å². The lowest BCUT2D eigenvalue weighted by Gasteiger charge is -2.19. The van der Waals surface area contributed by atoms with E-state index in [2.05, 4.69) is 20.1 Å². The van der Waals surface area contributed by atoms with Gasteiger partial charge in [0.1, 0.15) is 16.3 Å². The summed E-state index contributed by atoms with van der Waals surface area (Å²) in [6.45, 7) is 5.02. The zero-order valence-electron chi connectivity index (χ0n) is 15.6. The van der Waals surface area contributed by atoms with Crippen LogP contribution in [0.1, 0.15) is 31.1 Å². The molecule has 1 aromatic carbocycles. The highest BCUT2D eigenvalue weighted by Gasteiger charge is 2.28. The maximum atomic E-state index is 13.6. The van der Waals surface area contributed by atoms with E-state index in [0.717, 1.165) is 29.0 Å². The zero-order valence-corrected chi connectivity index (χ0v) is 17.1. The molecule has 12 heteroatoms. The number of anilines is 2. The number of fused-ring (bicyclic) bond motifs is 1. The van der Waals surface area contributed by atoms with Gasteiger partial charge >= 0.3 is 5.97 Å². The number of carboxylic acid groups (broad SMARTS) is 1. The number of nitrogens with one attached hydrogen (secondary N) is 2. The Balaban J connectivity index is 2.21. The fourth-order valence-electron chi connectivity index (χ4n) is 2.56. The second-order valence-electron chi connectivity index (χ2n) is 7.17. The molecule has 0 amide bonds. The van der Waals surface area contributed by atoms with Gasteiger partial charge in [-0.2, -0.15) is 9.61 Å². The Bertz CT molecular complexity index is 1220. The van der Waals surface area contributed by atoms with Crippen molar-refractivity contribution in [2.45, 2.75) is 31.2 Å². The van der Waals surface area contributed by atoms with Crippen molar-refractivity contribution in [3.05, 3.63) is 47.0 Å². The van der Waals surface area contributed by atoms with Crippen molar-refractivity contribution in [1.82, 2.24) is 19.3 Å². The molecule has 3 N–H and O–H groups in total. The van der Waals surface area contributed by atoms with E-state index < -0.39 is 27.3 Å². The van der Waals surface area contributed by atoms with Crippen molar-refractivity contribution in [3.8, 4) is 0 Å². The van der Waals surface area contributed by atoms with Crippen LogP contribution in [0.3, 0.4) is 0 Å². The van der Waals surface area contributed by atoms with Crippen molar-refractivity contribution in [3.63, 3.8) is 0 Å². The molecular formula is C17H17ClFN5O4S. The van der Waals surface area contributed by atoms with Gasteiger partial charge in [-0.15, -0.1) is 0 Å². The summed E-state index contributed by atoms with van der Waals surface area (Å²) >= 11 is 6.05. The van der Waals surface area contributed by atoms with Gasteiger partial charge in [0.2, 0.25) is 10.0 Å². The lowest BCUT2D eigenvalue weighted by molar-refractivity contribution is 0.0697. The van der Waals surface area contributed by atoms with E-state index in [-0.39, 0.29) is 32.6 Å². The number of aromatic nitrogens is 3. The predicted molar refractivity (Wildman–Crippen MR) is 105 cm³/mol. The third kappa shape index (κ3) is 4.31. The molecule has 0 saturated carbocycles. The van der Waals surface area contributed by atoms with E-state index in [9.17, 15) is 22.7 Å². The zero-order chi connectivity index (χ0) is 21.6. The Morgan fingerprint density at radius 2 is 1.97 bits per heavy atom. The van der Waals surface area contributed by atoms with Crippen molar-refractivity contribution in [2.75, 3.05) is 5.32 Å². The van der Waals surface area contributed by atoms with Crippen molar-refractivity contribution in [1.29, 1.82) is 0 Å². The van der Waals surface area contributed by atoms with Crippen LogP contribution in [0.25, 0.3) is 5.65 Å². The fourth-order valence-corrected chi connectivity index (χ4v) is 4.20. The molecule has 2 aromatic heterocycles. The Labute approximate surface area is 170 Å². The number of halogens is 2. The van der Waals surface area contributed by atoms with E-state index >= 15 is 0 Å². The van der Waals surface area contributed by atoms with Crippen LogP contribution >= 0.6 is 11.6 Å². The van der Waals surface area contributed by atoms with E-state index in [1.54, 1.807) is 20.8 Å². The lowest BCUT2D eigenvalue weighted by atomic mass is 10.1. The van der Waals surface area contributed by atoms with Crippen molar-refractivity contribution in [2.24, 2.45) is 0 Å². The number of nitrogens with zero attached hydrogens (tertiary/aromatic N) is 3. The number of hydrogen-bond acceptors (Lipinski definition) is 6. The van der Waals surface area contributed by atoms with Gasteiger partial charge in [0.25, 0.3) is 0 Å². The number of carbonyl (C=O) groups is 1. The van der Waals surface area contributed by atoms with Gasteiger partial charge in [-0.3, -0.25) is 0 Å². The Morgan fingerprint density at radius 1 is 1.28 bits per heavy atom. The topological polar surface area (TPSA) is 126 Å². The van der Waals surface area contributed by atoms with E-state index in [1.807, 2.05) is 0 Å². The smallest absolute Gasteiger partial charge is 0.341 e. The first-order valence-corrected chi connectivity index (χ1v) is 10.1. The average molecular weight is 442 g/mol. The van der Waals surface area contributed by atoms with Crippen molar-refractivity contribution < 1.29 is 22.7 Å². The summed E-state index contributed by atoms with van der Waals surface area (Å²) in [5, 5.41) is 16.3. The van der Waals surface area contributed by atoms with Crippen LogP contribution in [0.4, 0.5) is 15.9 Å². The SMILES string of the molecule is CC(C)(C)NS(=O)(=O)c1cnn2c(Nc3cc(F)ccc3Cl)c(C(=O)O)cnc12. The predicted octanol–water partition coefficient (Wildman–Crippen LogP) is 3.04. The molecule has 0 aliphatic rings. The van der Waals surface area contributed by atoms with Crippen LogP contribution in [-0.4, -0.2) is 39.6 Å². The molecule has 0 saturated heterocycles. The first-order chi connectivity index (χ1) is 13.4. The van der Waals surface area contributed by atoms with Crippen LogP contribution in [0, 0.1) is 5.82 Å². The standard InChI is InChI=1S/C17H17ClFN5O4S/c1-17(2,3)23-29(27,28)13-8-21-24-14(10(16(25)26)7-20-15(13)24)22-12-6-9(19)4-5-11(12)18/h4-8,22-23H,1-3H3,(H,25,26). The Kier molecular flexibility index (Phi) is 5.24. The highest BCUT2D eigenvalue weighted by atomic mass is 35.5. The largest absolute Gasteiger partial charge is 0.477 e. The summed E-state index contributed by atoms with van der Waals surface area (Å²) in [6.07, 6.45) is 2.05. The van der Waals surface area contributed by atoms with Crippen LogP contribution in [0.15, 0.2) is 35.5 Å². The molecule has 0 bridgehead atoms. The van der Waals surface area contributed by atoms with Crippen LogP contribution in [0.5, 0.6) is 0 Å². The number of sulfonamides is 1. The normalized spacial score (nSPS) is 12.3. The molecule has 0 atom stereocenters. The molecule has 3 aromatic rings. The first kappa shape index (κ1) is 21.0. The number of carboxylic acids is 1. The first-order valence-electron chi connectivity index (χ1n) is 8.25. The summed E-state index contributed by atoms with van der Waals surface area (Å²) < 4.78 is 42.5. The summed E-state index contributed by atoms with van der Waals surface area (Å²) in [7, 11) is -4.00. The summed E-state index contributed by atoms with van der Waals surface area (Å²) in [4.78, 5) is 15.4. The minimum absolute atomic E-state index is 0.0781. The minimum Gasteiger partial charge on any atom is -0.477 e. The van der Waals surface area contributed by atoms with Gasteiger partial charge in [-0.05, 0) is 39.0 Å². The molecule has 0 radical (unpaired) electrons. The summed E-state index contributed by atoms with van der Waals surface area (Å²) in [5.74, 6) is -2.08. The minimum atomic E-state index is -4.00. The molecule has 3 rings (SSSR count). The number of rotatable bonds is 5. The molecule has 29 heavy (non-hydrogen) atoms. The van der Waals surface area contributed by atoms with Gasteiger partial charge < -0.3 is 10.4 Å². The fraction of sp³-hybridized carbons (Fsp3) is 0.235. The molecule has 0 aliphatic carbocycles. The van der Waals surface area contributed by atoms with E-state index in [4.69, 9.17) is 11.6 Å². The number of hydrogen-bond donors (Lipinski definition) is 3. The monoisotopic (exact) mass is 441 g/mol. The highest BCUT2D eigenvalue weighted by Crippen LogP contribution is 2.29. The van der Waals surface area contributed by atoms with Gasteiger partial charge in [0.15, 0.2) is 11.5 Å². The lowest BCUT2D eigenvalue weighted by Crippen LogP contribution is -2.40. The van der Waals surface area contributed by atoms with Crippen LogP contribution < -0.4 is 10.0 Å². The highest BCUT2D eigenvalue weighted by molar-refractivity contribution is 7.89. The molecule has 9 nitrogen and oxygen atoms in total. The van der Waals surface area contributed by atoms with Gasteiger partial charge in [-0.25, -0.2) is 27.3 Å². The molecule has 154 valence electrons. The molecular weight excluding hydrogens is 425 g/mol. The number of benzene rings is 1. The average Bonchev–Trinajstić information content (AvgIpc) is 3.01. The van der Waals surface area contributed by atoms with Crippen LogP contribution in [-0.2, 0) is 10.0 Å². The Morgan fingerprint density at radius 3 is 2.59 bits per heavy atom. The quantitative estimate of drug-likeness (QED) is 0.555. The van der Waals surface area contributed by atoms with Gasteiger partial charge in [0, 0.05) is 11.7 Å². The summed E-state index contributed by atoms with van der Waals surface area (Å²) in [6, 6.07) is 3.51. The van der Waals surface area contributed by atoms with Crippen molar-refractivity contribution >= 4 is 44.7 Å². The molecule has 0 aliphatic heterocycles. The second kappa shape index (κ2) is 7.25. The second-order valence-corrected chi connectivity index (χ2v) is 9.23. The third-order valence-corrected chi connectivity index (χ3v) is 5.71.